The van der Waals surface area contributed by atoms with Crippen molar-refractivity contribution in [3.05, 3.63) is 0 Å². The summed E-state index contributed by atoms with van der Waals surface area (Å²) in [4.78, 5) is 0. The van der Waals surface area contributed by atoms with E-state index in [0.29, 0.717) is 6.42 Å². The third-order valence-corrected chi connectivity index (χ3v) is 2.28. The first-order valence-electron chi connectivity index (χ1n) is 3.92. The predicted octanol–water partition coefficient (Wildman–Crippen LogP) is -0.721. The highest BCUT2D eigenvalue weighted by Crippen LogP contribution is 2.29. The smallest absolute Gasteiger partial charge is 0.206 e. The van der Waals surface area contributed by atoms with Gasteiger partial charge in [0.1, 0.15) is 0 Å². The monoisotopic (exact) mass is 161 g/mol. The van der Waals surface area contributed by atoms with Gasteiger partial charge in [0.2, 0.25) is 5.79 Å². The molecule has 1 unspecified atom stereocenters. The molecule has 1 saturated carbocycles. The van der Waals surface area contributed by atoms with E-state index in [0.717, 1.165) is 12.8 Å². The van der Waals surface area contributed by atoms with Crippen molar-refractivity contribution in [2.75, 3.05) is 0 Å². The molecule has 11 heavy (non-hydrogen) atoms. The highest BCUT2D eigenvalue weighted by Gasteiger charge is 2.45. The van der Waals surface area contributed by atoms with E-state index in [1.165, 1.54) is 0 Å². The largest absolute Gasteiger partial charge is 0.371 e. The number of hydrogen-bond donors (Lipinski definition) is 4. The van der Waals surface area contributed by atoms with Crippen LogP contribution >= 0.6 is 0 Å². The van der Waals surface area contributed by atoms with Crippen LogP contribution in [0.25, 0.3) is 0 Å². The van der Waals surface area contributed by atoms with Crippen LogP contribution in [0.2, 0.25) is 0 Å². The molecule has 0 bridgehead atoms. The van der Waals surface area contributed by atoms with Crippen LogP contribution in [0.5, 0.6) is 0 Å². The molecule has 1 aliphatic rings. The van der Waals surface area contributed by atoms with Crippen LogP contribution in [0.1, 0.15) is 32.1 Å². The summed E-state index contributed by atoms with van der Waals surface area (Å²) in [5, 5.41) is 27.9. The van der Waals surface area contributed by atoms with Crippen LogP contribution in [0.15, 0.2) is 0 Å². The molecule has 0 saturated heterocycles. The Hall–Kier alpha value is -0.160. The average Bonchev–Trinajstić information content (AvgIpc) is 1.94. The molecule has 4 heteroatoms. The SMILES string of the molecule is NC1(O)CCCCCC1(O)O. The van der Waals surface area contributed by atoms with E-state index >= 15 is 0 Å². The number of aliphatic hydroxyl groups is 3. The molecule has 4 nitrogen and oxygen atoms in total. The number of hydrogen-bond acceptors (Lipinski definition) is 4. The fraction of sp³-hybridized carbons (Fsp3) is 1.00. The Morgan fingerprint density at radius 3 is 2.09 bits per heavy atom. The lowest BCUT2D eigenvalue weighted by Gasteiger charge is -2.34. The maximum absolute atomic E-state index is 9.36. The lowest BCUT2D eigenvalue weighted by Crippen LogP contribution is -2.60. The molecule has 1 rings (SSSR count). The topological polar surface area (TPSA) is 86.7 Å². The Bertz CT molecular complexity index is 129. The van der Waals surface area contributed by atoms with E-state index in [1.807, 2.05) is 0 Å². The van der Waals surface area contributed by atoms with E-state index in [2.05, 4.69) is 0 Å². The number of rotatable bonds is 0. The van der Waals surface area contributed by atoms with Crippen molar-refractivity contribution in [1.82, 2.24) is 0 Å². The minimum atomic E-state index is -2.11. The molecule has 1 aliphatic carbocycles. The quantitative estimate of drug-likeness (QED) is 0.279. The Kier molecular flexibility index (Phi) is 2.20. The molecule has 0 amide bonds. The minimum Gasteiger partial charge on any atom is -0.371 e. The van der Waals surface area contributed by atoms with Gasteiger partial charge in [0.05, 0.1) is 0 Å². The Labute approximate surface area is 65.6 Å². The maximum Gasteiger partial charge on any atom is 0.206 e. The third-order valence-electron chi connectivity index (χ3n) is 2.28. The van der Waals surface area contributed by atoms with E-state index < -0.39 is 11.5 Å². The average molecular weight is 161 g/mol. The summed E-state index contributed by atoms with van der Waals surface area (Å²) in [7, 11) is 0. The Morgan fingerprint density at radius 1 is 0.909 bits per heavy atom. The maximum atomic E-state index is 9.36. The van der Waals surface area contributed by atoms with Crippen LogP contribution in [0.4, 0.5) is 0 Å². The summed E-state index contributed by atoms with van der Waals surface area (Å²) in [5.41, 5.74) is 3.48. The van der Waals surface area contributed by atoms with E-state index in [9.17, 15) is 15.3 Å². The van der Waals surface area contributed by atoms with Crippen molar-refractivity contribution in [2.45, 2.75) is 43.6 Å². The van der Waals surface area contributed by atoms with Crippen molar-refractivity contribution in [1.29, 1.82) is 0 Å². The van der Waals surface area contributed by atoms with Gasteiger partial charge < -0.3 is 15.3 Å². The first-order chi connectivity index (χ1) is 4.96. The van der Waals surface area contributed by atoms with Gasteiger partial charge in [-0.05, 0) is 19.3 Å². The molecule has 1 fully saturated rings. The van der Waals surface area contributed by atoms with Crippen LogP contribution in [0.3, 0.4) is 0 Å². The molecule has 0 aliphatic heterocycles. The summed E-state index contributed by atoms with van der Waals surface area (Å²) in [6.07, 6.45) is 2.74. The van der Waals surface area contributed by atoms with Gasteiger partial charge in [-0.25, -0.2) is 0 Å². The first-order valence-corrected chi connectivity index (χ1v) is 3.92. The zero-order valence-corrected chi connectivity index (χ0v) is 6.45. The van der Waals surface area contributed by atoms with Crippen LogP contribution in [0, 0.1) is 0 Å². The standard InChI is InChI=1S/C7H15NO3/c8-6(9)4-2-1-3-5-7(6,10)11/h9-11H,1-5,8H2. The van der Waals surface area contributed by atoms with Crippen LogP contribution in [-0.2, 0) is 0 Å². The normalized spacial score (nSPS) is 38.2. The summed E-state index contributed by atoms with van der Waals surface area (Å²) in [5.74, 6) is -2.11. The van der Waals surface area contributed by atoms with Crippen LogP contribution < -0.4 is 5.73 Å². The minimum absolute atomic E-state index is 0.153. The van der Waals surface area contributed by atoms with E-state index in [4.69, 9.17) is 5.73 Å². The van der Waals surface area contributed by atoms with Gasteiger partial charge in [-0.2, -0.15) is 0 Å². The highest BCUT2D eigenvalue weighted by molar-refractivity contribution is 4.88. The fourth-order valence-corrected chi connectivity index (χ4v) is 1.36. The molecule has 66 valence electrons. The summed E-state index contributed by atoms with van der Waals surface area (Å²) in [6, 6.07) is 0. The van der Waals surface area contributed by atoms with Crippen molar-refractivity contribution < 1.29 is 15.3 Å². The van der Waals surface area contributed by atoms with Crippen molar-refractivity contribution in [3.8, 4) is 0 Å². The molecule has 0 spiro atoms. The van der Waals surface area contributed by atoms with Crippen molar-refractivity contribution in [3.63, 3.8) is 0 Å². The molecular formula is C7H15NO3. The molecule has 5 N–H and O–H groups in total. The van der Waals surface area contributed by atoms with Crippen molar-refractivity contribution in [2.24, 2.45) is 5.73 Å². The van der Waals surface area contributed by atoms with Gasteiger partial charge in [-0.15, -0.1) is 0 Å². The Morgan fingerprint density at radius 2 is 1.45 bits per heavy atom. The summed E-state index contributed by atoms with van der Waals surface area (Å²) in [6.45, 7) is 0. The van der Waals surface area contributed by atoms with E-state index in [-0.39, 0.29) is 12.8 Å². The molecule has 0 radical (unpaired) electrons. The molecule has 0 heterocycles. The van der Waals surface area contributed by atoms with Gasteiger partial charge in [-0.1, -0.05) is 6.42 Å². The highest BCUT2D eigenvalue weighted by atomic mass is 16.5. The lowest BCUT2D eigenvalue weighted by molar-refractivity contribution is -0.275. The summed E-state index contributed by atoms with van der Waals surface area (Å²) < 4.78 is 0. The van der Waals surface area contributed by atoms with Gasteiger partial charge in [0.15, 0.2) is 5.72 Å². The molecule has 0 aromatic rings. The molecule has 0 aromatic heterocycles. The molecule has 0 aromatic carbocycles. The van der Waals surface area contributed by atoms with Gasteiger partial charge in [0.25, 0.3) is 0 Å². The zero-order valence-electron chi connectivity index (χ0n) is 6.45. The second kappa shape index (κ2) is 2.71. The first kappa shape index (κ1) is 8.93. The van der Waals surface area contributed by atoms with E-state index in [1.54, 1.807) is 0 Å². The predicted molar refractivity (Wildman–Crippen MR) is 39.4 cm³/mol. The third kappa shape index (κ3) is 1.70. The summed E-state index contributed by atoms with van der Waals surface area (Å²) >= 11 is 0. The number of nitrogens with two attached hydrogens (primary N) is 1. The van der Waals surface area contributed by atoms with Gasteiger partial charge in [0, 0.05) is 6.42 Å². The van der Waals surface area contributed by atoms with Crippen LogP contribution in [-0.4, -0.2) is 26.8 Å². The second-order valence-electron chi connectivity index (χ2n) is 3.30. The second-order valence-corrected chi connectivity index (χ2v) is 3.30. The lowest BCUT2D eigenvalue weighted by atomic mass is 9.99. The molecular weight excluding hydrogens is 146 g/mol. The Balaban J connectivity index is 2.72. The van der Waals surface area contributed by atoms with Crippen molar-refractivity contribution >= 4 is 0 Å². The zero-order chi connectivity index (χ0) is 8.54. The van der Waals surface area contributed by atoms with Gasteiger partial charge >= 0.3 is 0 Å². The molecule has 1 atom stereocenters. The van der Waals surface area contributed by atoms with Gasteiger partial charge in [-0.3, -0.25) is 5.73 Å². The fourth-order valence-electron chi connectivity index (χ4n) is 1.36.